The Kier molecular flexibility index (Phi) is 31.9. The maximum atomic E-state index is 13.3. The Hall–Kier alpha value is -6.77. The van der Waals surface area contributed by atoms with Gasteiger partial charge in [-0.1, -0.05) is 0 Å². The fourth-order valence-corrected chi connectivity index (χ4v) is 7.95. The molecule has 0 heterocycles. The molecule has 3 aromatic carbocycles. The van der Waals surface area contributed by atoms with E-state index in [2.05, 4.69) is 46.1 Å². The Morgan fingerprint density at radius 2 is 0.772 bits per heavy atom. The number of amides is 6. The summed E-state index contributed by atoms with van der Waals surface area (Å²) in [6, 6.07) is 17.5. The van der Waals surface area contributed by atoms with Crippen LogP contribution in [-0.4, -0.2) is 156 Å². The third-order valence-corrected chi connectivity index (χ3v) is 12.1. The van der Waals surface area contributed by atoms with Crippen molar-refractivity contribution in [2.45, 2.75) is 76.2 Å². The number of unbranched alkanes of at least 4 members (excludes halogenated alkanes) is 1. The van der Waals surface area contributed by atoms with Gasteiger partial charge in [0.2, 0.25) is 23.6 Å². The highest BCUT2D eigenvalue weighted by molar-refractivity contribution is 7.81. The van der Waals surface area contributed by atoms with Crippen LogP contribution in [0.1, 0.15) is 102 Å². The second kappa shape index (κ2) is 37.9. The van der Waals surface area contributed by atoms with Crippen molar-refractivity contribution >= 4 is 98.1 Å². The zero-order valence-electron chi connectivity index (χ0n) is 43.1. The summed E-state index contributed by atoms with van der Waals surface area (Å²) < 4.78 is 89.2. The van der Waals surface area contributed by atoms with E-state index in [9.17, 15) is 64.6 Å². The van der Waals surface area contributed by atoms with Crippen LogP contribution in [0.2, 0.25) is 0 Å². The summed E-state index contributed by atoms with van der Waals surface area (Å²) in [5.74, 6) is -3.81. The summed E-state index contributed by atoms with van der Waals surface area (Å²) >= 11 is -7.53. The number of benzene rings is 3. The molecule has 0 aliphatic heterocycles. The summed E-state index contributed by atoms with van der Waals surface area (Å²) in [6.45, 7) is -0.241. The van der Waals surface area contributed by atoms with Gasteiger partial charge >= 0.3 is 5.97 Å². The number of hydrogen-bond donors (Lipinski definition) is 10. The molecule has 0 fully saturated rings. The molecular weight excluding hydrogens is 1100 g/mol. The Balaban J connectivity index is 1.53. The minimum atomic E-state index is -2.51. The molecule has 30 heteroatoms. The van der Waals surface area contributed by atoms with Crippen LogP contribution in [0.4, 0.5) is 17.1 Å². The molecule has 3 aromatic rings. The summed E-state index contributed by atoms with van der Waals surface area (Å²) in [7, 11) is 0. The molecule has 79 heavy (non-hydrogen) atoms. The first-order chi connectivity index (χ1) is 37.8. The molecule has 6 amide bonds. The molecule has 3 atom stereocenters. The van der Waals surface area contributed by atoms with Crippen LogP contribution in [0.3, 0.4) is 0 Å². The maximum Gasteiger partial charge on any atom is 0.303 e. The smallest absolute Gasteiger partial charge is 0.303 e. The monoisotopic (exact) mass is 1160 g/mol. The standard InChI is InChI=1S/C49H69N9O18S3/c59-41(35-9-15-38(16-10-35)56-77(68)69)6-1-2-24-50-42(60)21-29-74-32-49(55-45(63)7-3-8-46(64)65,33-75-30-22-43(61)51-25-4-27-53-47(66)36-11-17-39(18-12-36)57-78(70)71)34-76-31-23-44(62)52-26-5-28-54-48(67)37-13-19-40(20-14-37)58-79(72)73/h9-20,56-58H,1-8,21-34H2,(H,50,60)(H,51,61)(H,52,62)(H,53,66)(H,54,67)(H,55,63)(H,64,65)(H,68,69)(H,70,71)(H,72,73)/p-3. The quantitative estimate of drug-likeness (QED) is 0.0215. The Labute approximate surface area is 464 Å². The fraction of sp³-hybridized carbons (Fsp3) is 0.469. The molecule has 0 saturated heterocycles. The first kappa shape index (κ1) is 66.5. The van der Waals surface area contributed by atoms with Gasteiger partial charge in [-0.25, -0.2) is 0 Å². The van der Waals surface area contributed by atoms with E-state index >= 15 is 0 Å². The number of carboxylic acid groups (broad SMARTS) is 1. The van der Waals surface area contributed by atoms with E-state index < -0.39 is 74.8 Å². The molecule has 0 aliphatic rings. The lowest BCUT2D eigenvalue weighted by atomic mass is 10.0. The molecule has 3 rings (SSSR count). The van der Waals surface area contributed by atoms with E-state index in [0.717, 1.165) is 0 Å². The number of anilines is 3. The number of Topliss-reactive ketones (excluding diaryl/α,β-unsaturated/α-hetero) is 1. The molecule has 0 aliphatic carbocycles. The minimum absolute atomic E-state index is 0.00284. The topological polar surface area (TPSA) is 413 Å². The highest BCUT2D eigenvalue weighted by Crippen LogP contribution is 2.15. The van der Waals surface area contributed by atoms with Gasteiger partial charge in [0, 0.05) is 139 Å². The number of hydrogen-bond acceptors (Lipinski definition) is 17. The number of ether oxygens (including phenoxy) is 3. The van der Waals surface area contributed by atoms with Gasteiger partial charge < -0.3 is 79.0 Å². The second-order valence-corrected chi connectivity index (χ2v) is 19.4. The minimum Gasteiger partial charge on any atom is -0.755 e. The largest absolute Gasteiger partial charge is 0.755 e. The van der Waals surface area contributed by atoms with Gasteiger partial charge in [0.15, 0.2) is 5.78 Å². The first-order valence-corrected chi connectivity index (χ1v) is 28.1. The lowest BCUT2D eigenvalue weighted by molar-refractivity contribution is -0.137. The van der Waals surface area contributed by atoms with E-state index in [0.29, 0.717) is 48.1 Å². The Morgan fingerprint density at radius 3 is 1.14 bits per heavy atom. The van der Waals surface area contributed by atoms with Crippen molar-refractivity contribution in [1.29, 1.82) is 0 Å². The average molecular weight is 1170 g/mol. The maximum absolute atomic E-state index is 13.3. The SMILES string of the molecule is O=C(O)CCCC(=O)NC(COCCC(=O)NCCCCC(=O)c1ccc(NS(=O)[O-])cc1)(COCCC(=O)NCCCNC(=O)c1ccc(NS(=O)[O-])cc1)COCCC(=O)NCCCNC(=O)c1ccc(NS(=O)[O-])cc1. The van der Waals surface area contributed by atoms with E-state index in [4.69, 9.17) is 19.3 Å². The molecule has 0 aromatic heterocycles. The van der Waals surface area contributed by atoms with Crippen LogP contribution in [0.15, 0.2) is 72.8 Å². The van der Waals surface area contributed by atoms with E-state index in [1.54, 1.807) is 0 Å². The van der Waals surface area contributed by atoms with Gasteiger partial charge in [-0.3, -0.25) is 51.0 Å². The second-order valence-electron chi connectivity index (χ2n) is 17.4. The van der Waals surface area contributed by atoms with Crippen molar-refractivity contribution in [3.8, 4) is 0 Å². The molecule has 436 valence electrons. The predicted octanol–water partition coefficient (Wildman–Crippen LogP) is 0.976. The lowest BCUT2D eigenvalue weighted by Gasteiger charge is -2.34. The number of carbonyl (C=O) groups excluding carboxylic acids is 7. The number of carboxylic acids is 1. The van der Waals surface area contributed by atoms with E-state index in [1.165, 1.54) is 72.8 Å². The van der Waals surface area contributed by atoms with E-state index in [-0.39, 0.29) is 140 Å². The summed E-state index contributed by atoms with van der Waals surface area (Å²) in [6.07, 6.45) is 1.01. The normalized spacial score (nSPS) is 12.8. The van der Waals surface area contributed by atoms with Crippen LogP contribution in [0, 0.1) is 0 Å². The third-order valence-electron chi connectivity index (χ3n) is 10.9. The Morgan fingerprint density at radius 1 is 0.418 bits per heavy atom. The van der Waals surface area contributed by atoms with Crippen molar-refractivity contribution in [3.05, 3.63) is 89.5 Å². The van der Waals surface area contributed by atoms with Gasteiger partial charge in [0.1, 0.15) is 5.54 Å². The summed E-state index contributed by atoms with van der Waals surface area (Å²) in [5, 5.41) is 25.6. The fourth-order valence-electron chi connectivity index (χ4n) is 6.97. The van der Waals surface area contributed by atoms with Crippen LogP contribution < -0.4 is 46.1 Å². The number of carbonyl (C=O) groups is 8. The van der Waals surface area contributed by atoms with Gasteiger partial charge in [0.25, 0.3) is 11.8 Å². The van der Waals surface area contributed by atoms with Gasteiger partial charge in [-0.15, -0.1) is 0 Å². The van der Waals surface area contributed by atoms with Crippen LogP contribution in [0.5, 0.6) is 0 Å². The average Bonchev–Trinajstić information content (AvgIpc) is 3.39. The highest BCUT2D eigenvalue weighted by Gasteiger charge is 2.34. The number of ketones is 1. The zero-order valence-corrected chi connectivity index (χ0v) is 45.5. The molecule has 3 unspecified atom stereocenters. The molecule has 0 radical (unpaired) electrons. The van der Waals surface area contributed by atoms with Crippen LogP contribution in [0.25, 0.3) is 0 Å². The Bertz CT molecular complexity index is 2270. The third kappa shape index (κ3) is 30.3. The summed E-state index contributed by atoms with van der Waals surface area (Å²) in [5.41, 5.74) is 0.397. The molecule has 0 saturated carbocycles. The highest BCUT2D eigenvalue weighted by atomic mass is 32.2. The van der Waals surface area contributed by atoms with Gasteiger partial charge in [-0.2, -0.15) is 0 Å². The van der Waals surface area contributed by atoms with Crippen molar-refractivity contribution in [2.75, 3.05) is 86.5 Å². The molecule has 27 nitrogen and oxygen atoms in total. The molecule has 0 spiro atoms. The molecule has 0 bridgehead atoms. The van der Waals surface area contributed by atoms with Crippen molar-refractivity contribution in [1.82, 2.24) is 31.9 Å². The van der Waals surface area contributed by atoms with Crippen molar-refractivity contribution in [2.24, 2.45) is 0 Å². The van der Waals surface area contributed by atoms with Gasteiger partial charge in [-0.05, 0) is 105 Å². The summed E-state index contributed by atoms with van der Waals surface area (Å²) in [4.78, 5) is 100. The van der Waals surface area contributed by atoms with Gasteiger partial charge in [0.05, 0.1) is 39.6 Å². The van der Waals surface area contributed by atoms with E-state index in [1.807, 2.05) is 0 Å². The van der Waals surface area contributed by atoms with Crippen LogP contribution >= 0.6 is 0 Å². The molecular formula is C49H66N9O18S3-3. The predicted molar refractivity (Wildman–Crippen MR) is 287 cm³/mol. The number of aliphatic carboxylic acids is 1. The zero-order chi connectivity index (χ0) is 57.8. The van der Waals surface area contributed by atoms with Crippen molar-refractivity contribution < 1.29 is 84.0 Å². The number of nitrogens with one attached hydrogen (secondary N) is 9. The van der Waals surface area contributed by atoms with Crippen LogP contribution in [-0.2, 0) is 72.0 Å². The molecule has 10 N–H and O–H groups in total. The number of rotatable bonds is 42. The first-order valence-electron chi connectivity index (χ1n) is 24.9. The lowest BCUT2D eigenvalue weighted by Crippen LogP contribution is -2.58. The van der Waals surface area contributed by atoms with Crippen molar-refractivity contribution in [3.63, 3.8) is 0 Å².